The fraction of sp³-hybridized carbons (Fsp3) is 0.227. The molecule has 0 bridgehead atoms. The number of benzene rings is 2. The average molecular weight is 406 g/mol. The largest absolute Gasteiger partial charge is 0.488 e. The van der Waals surface area contributed by atoms with Crippen LogP contribution in [0.3, 0.4) is 0 Å². The Kier molecular flexibility index (Phi) is 5.87. The Morgan fingerprint density at radius 3 is 2.53 bits per heavy atom. The standard InChI is InChI=1S/C22H22N4O4/c27-21(17-11-23-12-18(17)22(28)26-29)25-15-7-5-14(6-8-15)13-30-20-9-10-24-19-4-2-1-3-16(19)20/h1-10,17-18,23,29H,11-13H2,(H,25,27)(H,26,28)/t17-,18-/m1/s1. The fourth-order valence-corrected chi connectivity index (χ4v) is 3.59. The molecule has 2 atom stereocenters. The van der Waals surface area contributed by atoms with Gasteiger partial charge in [0.1, 0.15) is 12.4 Å². The number of amides is 2. The van der Waals surface area contributed by atoms with Gasteiger partial charge in [0.05, 0.1) is 17.4 Å². The highest BCUT2D eigenvalue weighted by molar-refractivity contribution is 5.96. The second-order valence-electron chi connectivity index (χ2n) is 7.15. The number of carbonyl (C=O) groups is 2. The van der Waals surface area contributed by atoms with Crippen LogP contribution in [0.1, 0.15) is 5.56 Å². The molecule has 2 aromatic carbocycles. The molecule has 1 aromatic heterocycles. The molecule has 4 rings (SSSR count). The molecule has 1 fully saturated rings. The molecule has 3 aromatic rings. The van der Waals surface area contributed by atoms with Crippen molar-refractivity contribution in [2.75, 3.05) is 18.4 Å². The first-order valence-electron chi connectivity index (χ1n) is 9.67. The Labute approximate surface area is 173 Å². The lowest BCUT2D eigenvalue weighted by atomic mass is 9.94. The van der Waals surface area contributed by atoms with Crippen LogP contribution in [0.25, 0.3) is 10.9 Å². The predicted molar refractivity (Wildman–Crippen MR) is 111 cm³/mol. The third-order valence-corrected chi connectivity index (χ3v) is 5.22. The van der Waals surface area contributed by atoms with Gasteiger partial charge in [-0.15, -0.1) is 0 Å². The SMILES string of the molecule is O=C(NO)[C@@H]1CNC[C@H]1C(=O)Nc1ccc(COc2ccnc3ccccc23)cc1. The molecule has 2 amide bonds. The van der Waals surface area contributed by atoms with Crippen LogP contribution in [0.4, 0.5) is 5.69 Å². The molecule has 0 saturated carbocycles. The lowest BCUT2D eigenvalue weighted by Gasteiger charge is -2.16. The average Bonchev–Trinajstić information content (AvgIpc) is 3.28. The normalized spacial score (nSPS) is 18.2. The zero-order valence-electron chi connectivity index (χ0n) is 16.2. The number of pyridine rings is 1. The second kappa shape index (κ2) is 8.89. The Bertz CT molecular complexity index is 1050. The van der Waals surface area contributed by atoms with Crippen molar-refractivity contribution < 1.29 is 19.5 Å². The lowest BCUT2D eigenvalue weighted by molar-refractivity contribution is -0.136. The zero-order chi connectivity index (χ0) is 20.9. The summed E-state index contributed by atoms with van der Waals surface area (Å²) in [5.74, 6) is -1.20. The van der Waals surface area contributed by atoms with E-state index in [9.17, 15) is 9.59 Å². The van der Waals surface area contributed by atoms with Crippen molar-refractivity contribution in [2.24, 2.45) is 11.8 Å². The number of rotatable bonds is 6. The molecular formula is C22H22N4O4. The van der Waals surface area contributed by atoms with Gasteiger partial charge in [0.2, 0.25) is 11.8 Å². The Balaban J connectivity index is 1.37. The van der Waals surface area contributed by atoms with E-state index in [2.05, 4.69) is 15.6 Å². The maximum Gasteiger partial charge on any atom is 0.248 e. The van der Waals surface area contributed by atoms with E-state index in [4.69, 9.17) is 9.94 Å². The molecule has 4 N–H and O–H groups in total. The minimum atomic E-state index is -0.599. The van der Waals surface area contributed by atoms with Gasteiger partial charge in [-0.2, -0.15) is 0 Å². The van der Waals surface area contributed by atoms with Gasteiger partial charge in [-0.1, -0.05) is 24.3 Å². The van der Waals surface area contributed by atoms with E-state index in [-0.39, 0.29) is 5.91 Å². The number of nitrogens with one attached hydrogen (secondary N) is 3. The van der Waals surface area contributed by atoms with Gasteiger partial charge in [-0.3, -0.25) is 19.8 Å². The van der Waals surface area contributed by atoms with Crippen LogP contribution < -0.4 is 20.9 Å². The molecule has 8 heteroatoms. The molecule has 0 unspecified atom stereocenters. The van der Waals surface area contributed by atoms with Gasteiger partial charge in [-0.05, 0) is 35.9 Å². The van der Waals surface area contributed by atoms with E-state index >= 15 is 0 Å². The van der Waals surface area contributed by atoms with Gasteiger partial charge < -0.3 is 15.4 Å². The number of aromatic nitrogens is 1. The van der Waals surface area contributed by atoms with Crippen molar-refractivity contribution in [1.82, 2.24) is 15.8 Å². The van der Waals surface area contributed by atoms with Gasteiger partial charge in [0.25, 0.3) is 0 Å². The number of anilines is 1. The molecule has 8 nitrogen and oxygen atoms in total. The number of ether oxygens (including phenoxy) is 1. The quantitative estimate of drug-likeness (QED) is 0.368. The van der Waals surface area contributed by atoms with Crippen molar-refractivity contribution in [2.45, 2.75) is 6.61 Å². The van der Waals surface area contributed by atoms with E-state index < -0.39 is 17.7 Å². The predicted octanol–water partition coefficient (Wildman–Crippen LogP) is 2.09. The van der Waals surface area contributed by atoms with E-state index in [0.29, 0.717) is 25.4 Å². The van der Waals surface area contributed by atoms with Crippen LogP contribution in [0.2, 0.25) is 0 Å². The summed E-state index contributed by atoms with van der Waals surface area (Å²) in [5, 5.41) is 15.6. The molecule has 30 heavy (non-hydrogen) atoms. The first-order chi connectivity index (χ1) is 14.7. The molecule has 2 heterocycles. The van der Waals surface area contributed by atoms with Crippen molar-refractivity contribution in [1.29, 1.82) is 0 Å². The van der Waals surface area contributed by atoms with Crippen molar-refractivity contribution in [3.05, 3.63) is 66.4 Å². The summed E-state index contributed by atoms with van der Waals surface area (Å²) < 4.78 is 5.96. The molecule has 0 spiro atoms. The van der Waals surface area contributed by atoms with Crippen LogP contribution in [-0.4, -0.2) is 35.1 Å². The van der Waals surface area contributed by atoms with Gasteiger partial charge >= 0.3 is 0 Å². The monoisotopic (exact) mass is 406 g/mol. The summed E-state index contributed by atoms with van der Waals surface area (Å²) in [6, 6.07) is 17.0. The first kappa shape index (κ1) is 19.8. The van der Waals surface area contributed by atoms with Gasteiger partial charge in [-0.25, -0.2) is 5.48 Å². The Morgan fingerprint density at radius 1 is 1.03 bits per heavy atom. The van der Waals surface area contributed by atoms with Crippen LogP contribution in [-0.2, 0) is 16.2 Å². The van der Waals surface area contributed by atoms with Gasteiger partial charge in [0, 0.05) is 30.4 Å². The molecule has 1 saturated heterocycles. The van der Waals surface area contributed by atoms with Crippen molar-refractivity contribution in [3.63, 3.8) is 0 Å². The summed E-state index contributed by atoms with van der Waals surface area (Å²) >= 11 is 0. The Hall–Kier alpha value is -3.49. The molecular weight excluding hydrogens is 384 g/mol. The van der Waals surface area contributed by atoms with Crippen LogP contribution >= 0.6 is 0 Å². The van der Waals surface area contributed by atoms with Crippen molar-refractivity contribution in [3.8, 4) is 5.75 Å². The molecule has 0 radical (unpaired) electrons. The van der Waals surface area contributed by atoms with E-state index in [1.54, 1.807) is 23.8 Å². The lowest BCUT2D eigenvalue weighted by Crippen LogP contribution is -2.38. The minimum absolute atomic E-state index is 0.263. The van der Waals surface area contributed by atoms with Crippen LogP contribution in [0.5, 0.6) is 5.75 Å². The summed E-state index contributed by atoms with van der Waals surface area (Å²) in [4.78, 5) is 28.5. The number of para-hydroxylation sites is 1. The van der Waals surface area contributed by atoms with Crippen molar-refractivity contribution >= 4 is 28.4 Å². The molecule has 0 aliphatic carbocycles. The third-order valence-electron chi connectivity index (χ3n) is 5.22. The first-order valence-corrected chi connectivity index (χ1v) is 9.67. The smallest absolute Gasteiger partial charge is 0.248 e. The highest BCUT2D eigenvalue weighted by Gasteiger charge is 2.37. The highest BCUT2D eigenvalue weighted by atomic mass is 16.5. The minimum Gasteiger partial charge on any atom is -0.488 e. The highest BCUT2D eigenvalue weighted by Crippen LogP contribution is 2.25. The maximum atomic E-state index is 12.5. The summed E-state index contributed by atoms with van der Waals surface area (Å²) in [7, 11) is 0. The maximum absolute atomic E-state index is 12.5. The summed E-state index contributed by atoms with van der Waals surface area (Å²) in [5.41, 5.74) is 4.09. The summed E-state index contributed by atoms with van der Waals surface area (Å²) in [6.45, 7) is 1.12. The number of nitrogens with zero attached hydrogens (tertiary/aromatic N) is 1. The summed E-state index contributed by atoms with van der Waals surface area (Å²) in [6.07, 6.45) is 1.72. The number of hydrogen-bond acceptors (Lipinski definition) is 6. The van der Waals surface area contributed by atoms with E-state index in [1.807, 2.05) is 42.5 Å². The van der Waals surface area contributed by atoms with Gasteiger partial charge in [0.15, 0.2) is 0 Å². The third kappa shape index (κ3) is 4.24. The zero-order valence-corrected chi connectivity index (χ0v) is 16.2. The van der Waals surface area contributed by atoms with E-state index in [0.717, 1.165) is 22.2 Å². The number of hydrogen-bond donors (Lipinski definition) is 4. The molecule has 1 aliphatic heterocycles. The number of hydroxylamine groups is 1. The fourth-order valence-electron chi connectivity index (χ4n) is 3.59. The topological polar surface area (TPSA) is 113 Å². The van der Waals surface area contributed by atoms with Crippen LogP contribution in [0, 0.1) is 11.8 Å². The molecule has 154 valence electrons. The number of fused-ring (bicyclic) bond motifs is 1. The van der Waals surface area contributed by atoms with E-state index in [1.165, 1.54) is 0 Å². The second-order valence-corrected chi connectivity index (χ2v) is 7.15. The van der Waals surface area contributed by atoms with Crippen LogP contribution in [0.15, 0.2) is 60.8 Å². The molecule has 1 aliphatic rings. The Morgan fingerprint density at radius 2 is 1.77 bits per heavy atom. The number of carbonyl (C=O) groups excluding carboxylic acids is 2.